The molecule has 0 heterocycles. The van der Waals surface area contributed by atoms with Gasteiger partial charge >= 0.3 is 0 Å². The molecule has 1 rings (SSSR count). The smallest absolute Gasteiger partial charge is 0.159 e. The van der Waals surface area contributed by atoms with Gasteiger partial charge < -0.3 is 8.85 Å². The monoisotopic (exact) mass is 310 g/mol. The second-order valence-electron chi connectivity index (χ2n) is 5.43. The highest BCUT2D eigenvalue weighted by Crippen LogP contribution is 2.13. The minimum atomic E-state index is -0.312. The van der Waals surface area contributed by atoms with Crippen molar-refractivity contribution in [3.05, 3.63) is 29.8 Å². The van der Waals surface area contributed by atoms with E-state index in [1.807, 2.05) is 24.3 Å². The second kappa shape index (κ2) is 9.90. The van der Waals surface area contributed by atoms with Crippen LogP contribution < -0.4 is 4.74 Å². The molecule has 0 saturated carbocycles. The summed E-state index contributed by atoms with van der Waals surface area (Å²) in [6.45, 7) is 6.82. The number of ketones is 1. The molecular weight excluding hydrogens is 284 g/mol. The van der Waals surface area contributed by atoms with E-state index in [-0.39, 0.29) is 25.3 Å². The molecule has 0 bridgehead atoms. The minimum absolute atomic E-state index is 0.0882. The minimum Gasteiger partial charge on any atom is -0.494 e. The van der Waals surface area contributed by atoms with Gasteiger partial charge in [-0.3, -0.25) is 4.79 Å². The molecule has 0 radical (unpaired) electrons. The van der Waals surface area contributed by atoms with E-state index in [1.54, 1.807) is 6.92 Å². The van der Waals surface area contributed by atoms with Crippen molar-refractivity contribution < 1.29 is 13.6 Å². The van der Waals surface area contributed by atoms with E-state index in [9.17, 15) is 4.79 Å². The van der Waals surface area contributed by atoms with Gasteiger partial charge in [0.05, 0.1) is 6.61 Å². The SMILES string of the molecule is CC(=O)c1ccc(OCCC[SiH2]O[SiH2]CC(C)C)cc1. The molecule has 0 aliphatic carbocycles. The van der Waals surface area contributed by atoms with E-state index < -0.39 is 0 Å². The van der Waals surface area contributed by atoms with Crippen LogP contribution in [0.15, 0.2) is 24.3 Å². The van der Waals surface area contributed by atoms with Crippen LogP contribution in [0, 0.1) is 5.92 Å². The Morgan fingerprint density at radius 1 is 1.20 bits per heavy atom. The molecule has 112 valence electrons. The van der Waals surface area contributed by atoms with Crippen molar-refractivity contribution in [3.8, 4) is 5.75 Å². The maximum Gasteiger partial charge on any atom is 0.159 e. The standard InChI is InChI=1S/C15H26O3Si2/c1-12(2)11-20-18-19-10-4-9-17-15-7-5-14(6-8-15)13(3)16/h5-8,12H,4,9-11,19-20H2,1-3H3. The predicted octanol–water partition coefficient (Wildman–Crippen LogP) is 2.33. The van der Waals surface area contributed by atoms with Crippen LogP contribution in [0.25, 0.3) is 0 Å². The van der Waals surface area contributed by atoms with Gasteiger partial charge in [0.1, 0.15) is 25.3 Å². The fourth-order valence-electron chi connectivity index (χ4n) is 1.70. The lowest BCUT2D eigenvalue weighted by molar-refractivity contribution is 0.101. The van der Waals surface area contributed by atoms with Crippen molar-refractivity contribution in [2.45, 2.75) is 39.3 Å². The van der Waals surface area contributed by atoms with Gasteiger partial charge in [-0.15, -0.1) is 0 Å². The van der Waals surface area contributed by atoms with Crippen LogP contribution in [0.2, 0.25) is 12.1 Å². The Morgan fingerprint density at radius 3 is 2.50 bits per heavy atom. The molecule has 0 N–H and O–H groups in total. The van der Waals surface area contributed by atoms with Crippen LogP contribution in [-0.4, -0.2) is 31.9 Å². The highest BCUT2D eigenvalue weighted by atomic mass is 28.3. The van der Waals surface area contributed by atoms with E-state index in [4.69, 9.17) is 8.85 Å². The number of rotatable bonds is 10. The number of ether oxygens (including phenoxy) is 1. The molecular formula is C15H26O3Si2. The molecule has 0 aromatic heterocycles. The third kappa shape index (κ3) is 7.62. The highest BCUT2D eigenvalue weighted by Gasteiger charge is 2.00. The summed E-state index contributed by atoms with van der Waals surface area (Å²) < 4.78 is 11.5. The predicted molar refractivity (Wildman–Crippen MR) is 89.2 cm³/mol. The van der Waals surface area contributed by atoms with Crippen molar-refractivity contribution >= 4 is 25.3 Å². The first kappa shape index (κ1) is 17.1. The average molecular weight is 311 g/mol. The lowest BCUT2D eigenvalue weighted by Gasteiger charge is -2.07. The van der Waals surface area contributed by atoms with Crippen LogP contribution in [0.1, 0.15) is 37.6 Å². The Balaban J connectivity index is 2.05. The second-order valence-corrected chi connectivity index (χ2v) is 9.16. The zero-order chi connectivity index (χ0) is 14.8. The van der Waals surface area contributed by atoms with Gasteiger partial charge in [-0.2, -0.15) is 0 Å². The topological polar surface area (TPSA) is 35.5 Å². The van der Waals surface area contributed by atoms with Crippen LogP contribution >= 0.6 is 0 Å². The number of benzene rings is 1. The fraction of sp³-hybridized carbons (Fsp3) is 0.533. The van der Waals surface area contributed by atoms with E-state index >= 15 is 0 Å². The highest BCUT2D eigenvalue weighted by molar-refractivity contribution is 6.42. The molecule has 0 unspecified atom stereocenters. The van der Waals surface area contributed by atoms with Crippen molar-refractivity contribution in [2.24, 2.45) is 5.92 Å². The van der Waals surface area contributed by atoms with Gasteiger partial charge in [0.25, 0.3) is 0 Å². The van der Waals surface area contributed by atoms with Crippen LogP contribution in [-0.2, 0) is 4.12 Å². The van der Waals surface area contributed by atoms with Gasteiger partial charge in [-0.25, -0.2) is 0 Å². The molecule has 5 heteroatoms. The summed E-state index contributed by atoms with van der Waals surface area (Å²) >= 11 is 0. The third-order valence-corrected chi connectivity index (χ3v) is 7.54. The van der Waals surface area contributed by atoms with Gasteiger partial charge in [0.2, 0.25) is 0 Å². The van der Waals surface area contributed by atoms with Crippen molar-refractivity contribution in [1.82, 2.24) is 0 Å². The summed E-state index contributed by atoms with van der Waals surface area (Å²) in [6.07, 6.45) is 1.07. The van der Waals surface area contributed by atoms with Gasteiger partial charge in [-0.1, -0.05) is 13.8 Å². The molecule has 0 spiro atoms. The van der Waals surface area contributed by atoms with E-state index in [1.165, 1.54) is 12.1 Å². The molecule has 0 fully saturated rings. The molecule has 1 aromatic rings. The molecule has 3 nitrogen and oxygen atoms in total. The molecule has 0 saturated heterocycles. The number of Topliss-reactive ketones (excluding diaryl/α,β-unsaturated/α-hetero) is 1. The molecule has 0 atom stereocenters. The van der Waals surface area contributed by atoms with Gasteiger partial charge in [0, 0.05) is 5.56 Å². The lowest BCUT2D eigenvalue weighted by atomic mass is 10.1. The average Bonchev–Trinajstić information content (AvgIpc) is 2.42. The summed E-state index contributed by atoms with van der Waals surface area (Å²) in [5.74, 6) is 1.72. The van der Waals surface area contributed by atoms with E-state index in [0.717, 1.165) is 30.3 Å². The summed E-state index contributed by atoms with van der Waals surface area (Å²) in [6, 6.07) is 9.84. The Bertz CT molecular complexity index is 391. The first-order valence-electron chi connectivity index (χ1n) is 7.41. The van der Waals surface area contributed by atoms with Crippen molar-refractivity contribution in [2.75, 3.05) is 6.61 Å². The number of carbonyl (C=O) groups is 1. The fourth-order valence-corrected chi connectivity index (χ4v) is 4.88. The molecule has 1 aromatic carbocycles. The summed E-state index contributed by atoms with van der Waals surface area (Å²) in [7, 11) is -0.557. The Labute approximate surface area is 126 Å². The largest absolute Gasteiger partial charge is 0.494 e. The van der Waals surface area contributed by atoms with Crippen LogP contribution in [0.3, 0.4) is 0 Å². The summed E-state index contributed by atoms with van der Waals surface area (Å²) in [4.78, 5) is 11.1. The lowest BCUT2D eigenvalue weighted by Crippen LogP contribution is -2.07. The maximum absolute atomic E-state index is 11.1. The van der Waals surface area contributed by atoms with E-state index in [0.29, 0.717) is 0 Å². The summed E-state index contributed by atoms with van der Waals surface area (Å²) in [5, 5.41) is 0. The zero-order valence-corrected chi connectivity index (χ0v) is 15.7. The quantitative estimate of drug-likeness (QED) is 0.378. The molecule has 0 amide bonds. The van der Waals surface area contributed by atoms with E-state index in [2.05, 4.69) is 13.8 Å². The first-order chi connectivity index (χ1) is 9.59. The Hall–Kier alpha value is -0.916. The Morgan fingerprint density at radius 2 is 1.90 bits per heavy atom. The summed E-state index contributed by atoms with van der Waals surface area (Å²) in [5.41, 5.74) is 0.730. The van der Waals surface area contributed by atoms with Crippen molar-refractivity contribution in [3.63, 3.8) is 0 Å². The molecule has 0 aliphatic rings. The number of hydrogen-bond donors (Lipinski definition) is 0. The van der Waals surface area contributed by atoms with Gasteiger partial charge in [-0.05, 0) is 55.6 Å². The van der Waals surface area contributed by atoms with Crippen LogP contribution in [0.4, 0.5) is 0 Å². The maximum atomic E-state index is 11.1. The van der Waals surface area contributed by atoms with Crippen LogP contribution in [0.5, 0.6) is 5.75 Å². The molecule has 20 heavy (non-hydrogen) atoms. The third-order valence-electron chi connectivity index (χ3n) is 3.05. The number of hydrogen-bond acceptors (Lipinski definition) is 3. The Kier molecular flexibility index (Phi) is 8.49. The first-order valence-corrected chi connectivity index (χ1v) is 10.6. The van der Waals surface area contributed by atoms with Crippen molar-refractivity contribution in [1.29, 1.82) is 0 Å². The molecule has 0 aliphatic heterocycles. The zero-order valence-electron chi connectivity index (χ0n) is 12.9. The van der Waals surface area contributed by atoms with Gasteiger partial charge in [0.15, 0.2) is 5.78 Å². The number of carbonyl (C=O) groups excluding carboxylic acids is 1. The normalized spacial score (nSPS) is 12.0.